The van der Waals surface area contributed by atoms with Gasteiger partial charge in [-0.2, -0.15) is 0 Å². The van der Waals surface area contributed by atoms with Crippen LogP contribution in [0.25, 0.3) is 11.6 Å². The number of nitrogens with zero attached hydrogens (tertiary/aromatic N) is 3. The molecule has 0 atom stereocenters. The van der Waals surface area contributed by atoms with Gasteiger partial charge in [-0.15, -0.1) is 10.2 Å². The monoisotopic (exact) mass is 317 g/mol. The Kier molecular flexibility index (Phi) is 4.82. The average Bonchev–Trinajstić information content (AvgIpc) is 3.09. The molecule has 0 bridgehead atoms. The van der Waals surface area contributed by atoms with Gasteiger partial charge < -0.3 is 19.8 Å². The quantitative estimate of drug-likeness (QED) is 0.839. The number of nitrogens with one attached hydrogen (secondary N) is 2. The Labute approximate surface area is 133 Å². The van der Waals surface area contributed by atoms with Crippen LogP contribution in [0.4, 0.5) is 0 Å². The van der Waals surface area contributed by atoms with Crippen molar-refractivity contribution in [2.24, 2.45) is 5.92 Å². The first kappa shape index (κ1) is 15.4. The number of hydrogen-bond donors (Lipinski definition) is 2. The normalized spacial score (nSPS) is 15.3. The van der Waals surface area contributed by atoms with E-state index in [0.717, 1.165) is 25.9 Å². The Morgan fingerprint density at radius 2 is 2.26 bits per heavy atom. The standard InChI is InChI=1S/C15H19N5O3/c1-22-11-3-2-6-17-13(11)15-20-19-12(23-15)9-18-14(21)10-4-7-16-8-5-10/h2-3,6,10,16H,4-5,7-9H2,1H3,(H,18,21). The molecule has 0 unspecified atom stereocenters. The fraction of sp³-hybridized carbons (Fsp3) is 0.467. The summed E-state index contributed by atoms with van der Waals surface area (Å²) in [5.74, 6) is 1.25. The number of amides is 1. The molecule has 1 saturated heterocycles. The number of ether oxygens (including phenoxy) is 1. The molecule has 1 aliphatic heterocycles. The van der Waals surface area contributed by atoms with E-state index in [-0.39, 0.29) is 24.3 Å². The van der Waals surface area contributed by atoms with Crippen molar-refractivity contribution in [1.82, 2.24) is 25.8 Å². The molecule has 23 heavy (non-hydrogen) atoms. The van der Waals surface area contributed by atoms with Gasteiger partial charge in [-0.25, -0.2) is 4.98 Å². The van der Waals surface area contributed by atoms with Gasteiger partial charge in [0.25, 0.3) is 5.89 Å². The van der Waals surface area contributed by atoms with Gasteiger partial charge in [0, 0.05) is 12.1 Å². The highest BCUT2D eigenvalue weighted by atomic mass is 16.5. The van der Waals surface area contributed by atoms with Crippen LogP contribution in [0.2, 0.25) is 0 Å². The van der Waals surface area contributed by atoms with Gasteiger partial charge in [0.15, 0.2) is 5.69 Å². The van der Waals surface area contributed by atoms with E-state index in [1.54, 1.807) is 25.4 Å². The summed E-state index contributed by atoms with van der Waals surface area (Å²) in [7, 11) is 1.55. The summed E-state index contributed by atoms with van der Waals surface area (Å²) < 4.78 is 10.8. The highest BCUT2D eigenvalue weighted by Gasteiger charge is 2.21. The molecule has 3 heterocycles. The predicted octanol–water partition coefficient (Wildman–Crippen LogP) is 0.756. The third-order valence-corrected chi connectivity index (χ3v) is 3.78. The fourth-order valence-corrected chi connectivity index (χ4v) is 2.53. The molecule has 0 saturated carbocycles. The first-order chi connectivity index (χ1) is 11.3. The molecule has 0 radical (unpaired) electrons. The highest BCUT2D eigenvalue weighted by Crippen LogP contribution is 2.25. The number of carbonyl (C=O) groups is 1. The van der Waals surface area contributed by atoms with Gasteiger partial charge in [-0.1, -0.05) is 0 Å². The molecule has 8 heteroatoms. The second-order valence-corrected chi connectivity index (χ2v) is 5.30. The zero-order chi connectivity index (χ0) is 16.1. The zero-order valence-electron chi connectivity index (χ0n) is 12.9. The van der Waals surface area contributed by atoms with Crippen LogP contribution in [0.3, 0.4) is 0 Å². The number of methoxy groups -OCH3 is 1. The summed E-state index contributed by atoms with van der Waals surface area (Å²) >= 11 is 0. The van der Waals surface area contributed by atoms with E-state index in [1.165, 1.54) is 0 Å². The maximum absolute atomic E-state index is 12.1. The Morgan fingerprint density at radius 1 is 1.43 bits per heavy atom. The molecule has 1 amide bonds. The smallest absolute Gasteiger partial charge is 0.270 e. The van der Waals surface area contributed by atoms with Crippen molar-refractivity contribution >= 4 is 5.91 Å². The van der Waals surface area contributed by atoms with Crippen LogP contribution in [0.15, 0.2) is 22.7 Å². The maximum atomic E-state index is 12.1. The van der Waals surface area contributed by atoms with E-state index in [2.05, 4.69) is 25.8 Å². The minimum atomic E-state index is 0.0293. The lowest BCUT2D eigenvalue weighted by Crippen LogP contribution is -2.37. The van der Waals surface area contributed by atoms with Gasteiger partial charge >= 0.3 is 0 Å². The topological polar surface area (TPSA) is 102 Å². The molecular formula is C15H19N5O3. The molecule has 2 aromatic rings. The minimum absolute atomic E-state index is 0.0293. The van der Waals surface area contributed by atoms with E-state index in [1.807, 2.05) is 0 Å². The van der Waals surface area contributed by atoms with E-state index >= 15 is 0 Å². The third kappa shape index (κ3) is 3.65. The summed E-state index contributed by atoms with van der Waals surface area (Å²) in [5.41, 5.74) is 0.485. The van der Waals surface area contributed by atoms with Gasteiger partial charge in [0.2, 0.25) is 11.8 Å². The first-order valence-electron chi connectivity index (χ1n) is 7.58. The van der Waals surface area contributed by atoms with E-state index in [4.69, 9.17) is 9.15 Å². The molecule has 122 valence electrons. The summed E-state index contributed by atoms with van der Waals surface area (Å²) in [6, 6.07) is 3.53. The molecule has 0 aliphatic carbocycles. The highest BCUT2D eigenvalue weighted by molar-refractivity contribution is 5.78. The van der Waals surface area contributed by atoms with E-state index in [9.17, 15) is 4.79 Å². The van der Waals surface area contributed by atoms with Gasteiger partial charge in [0.1, 0.15) is 5.75 Å². The zero-order valence-corrected chi connectivity index (χ0v) is 12.9. The van der Waals surface area contributed by atoms with Crippen molar-refractivity contribution in [2.75, 3.05) is 20.2 Å². The molecule has 2 aromatic heterocycles. The molecule has 1 fully saturated rings. The van der Waals surface area contributed by atoms with Crippen LogP contribution in [0.5, 0.6) is 5.75 Å². The summed E-state index contributed by atoms with van der Waals surface area (Å²) in [6.07, 6.45) is 3.33. The van der Waals surface area contributed by atoms with Crippen LogP contribution in [0, 0.1) is 5.92 Å². The molecule has 8 nitrogen and oxygen atoms in total. The van der Waals surface area contributed by atoms with Gasteiger partial charge in [-0.3, -0.25) is 4.79 Å². The predicted molar refractivity (Wildman–Crippen MR) is 81.5 cm³/mol. The molecule has 2 N–H and O–H groups in total. The van der Waals surface area contributed by atoms with Crippen LogP contribution in [-0.4, -0.2) is 41.3 Å². The SMILES string of the molecule is COc1cccnc1-c1nnc(CNC(=O)C2CCNCC2)o1. The van der Waals surface area contributed by atoms with Crippen molar-refractivity contribution in [1.29, 1.82) is 0 Å². The Balaban J connectivity index is 1.62. The first-order valence-corrected chi connectivity index (χ1v) is 7.58. The molecule has 0 aromatic carbocycles. The van der Waals surface area contributed by atoms with Crippen molar-refractivity contribution in [3.8, 4) is 17.3 Å². The Morgan fingerprint density at radius 3 is 3.04 bits per heavy atom. The van der Waals surface area contributed by atoms with E-state index < -0.39 is 0 Å². The van der Waals surface area contributed by atoms with Crippen LogP contribution in [-0.2, 0) is 11.3 Å². The number of pyridine rings is 1. The molecule has 1 aliphatic rings. The van der Waals surface area contributed by atoms with Crippen molar-refractivity contribution in [3.63, 3.8) is 0 Å². The summed E-state index contributed by atoms with van der Waals surface area (Å²) in [6.45, 7) is 1.97. The number of aromatic nitrogens is 3. The van der Waals surface area contributed by atoms with Crippen molar-refractivity contribution in [3.05, 3.63) is 24.2 Å². The largest absolute Gasteiger partial charge is 0.494 e. The number of carbonyl (C=O) groups excluding carboxylic acids is 1. The number of rotatable bonds is 5. The average molecular weight is 317 g/mol. The Bertz CT molecular complexity index is 667. The second-order valence-electron chi connectivity index (χ2n) is 5.30. The molecule has 0 spiro atoms. The van der Waals surface area contributed by atoms with Crippen molar-refractivity contribution in [2.45, 2.75) is 19.4 Å². The maximum Gasteiger partial charge on any atom is 0.270 e. The second kappa shape index (κ2) is 7.19. The number of piperidine rings is 1. The molecular weight excluding hydrogens is 298 g/mol. The van der Waals surface area contributed by atoms with Gasteiger partial charge in [-0.05, 0) is 38.1 Å². The lowest BCUT2D eigenvalue weighted by molar-refractivity contribution is -0.126. The summed E-state index contributed by atoms with van der Waals surface area (Å²) in [5, 5.41) is 14.0. The van der Waals surface area contributed by atoms with E-state index in [0.29, 0.717) is 17.3 Å². The van der Waals surface area contributed by atoms with Crippen molar-refractivity contribution < 1.29 is 13.9 Å². The van der Waals surface area contributed by atoms with Crippen LogP contribution < -0.4 is 15.4 Å². The minimum Gasteiger partial charge on any atom is -0.494 e. The summed E-state index contributed by atoms with van der Waals surface area (Å²) in [4.78, 5) is 16.3. The molecule has 3 rings (SSSR count). The third-order valence-electron chi connectivity index (χ3n) is 3.78. The van der Waals surface area contributed by atoms with Crippen LogP contribution in [0.1, 0.15) is 18.7 Å². The van der Waals surface area contributed by atoms with Crippen LogP contribution >= 0.6 is 0 Å². The fourth-order valence-electron chi connectivity index (χ4n) is 2.53. The lowest BCUT2D eigenvalue weighted by atomic mass is 9.97. The van der Waals surface area contributed by atoms with Gasteiger partial charge in [0.05, 0.1) is 13.7 Å². The Hall–Kier alpha value is -2.48. The lowest BCUT2D eigenvalue weighted by Gasteiger charge is -2.21. The number of hydrogen-bond acceptors (Lipinski definition) is 7.